The van der Waals surface area contributed by atoms with E-state index in [4.69, 9.17) is 5.73 Å². The molecular weight excluding hydrogens is 208 g/mol. The van der Waals surface area contributed by atoms with Crippen molar-refractivity contribution < 1.29 is 9.59 Å². The fourth-order valence-electron chi connectivity index (χ4n) is 1.66. The maximum atomic E-state index is 11.6. The zero-order chi connectivity index (χ0) is 11.5. The molecule has 3 N–H and O–H groups in total. The van der Waals surface area contributed by atoms with Crippen LogP contribution in [0.3, 0.4) is 0 Å². The third-order valence-electron chi connectivity index (χ3n) is 2.39. The molecule has 0 aliphatic carbocycles. The average molecular weight is 220 g/mol. The number of amides is 3. The van der Waals surface area contributed by atoms with Crippen LogP contribution in [-0.2, 0) is 0 Å². The largest absolute Gasteiger partial charge is 0.364 e. The number of nitrogens with zero attached hydrogens (tertiary/aromatic N) is 2. The maximum absolute atomic E-state index is 11.6. The van der Waals surface area contributed by atoms with E-state index in [0.29, 0.717) is 18.8 Å². The smallest absolute Gasteiger partial charge is 0.321 e. The van der Waals surface area contributed by atoms with Gasteiger partial charge in [-0.1, -0.05) is 0 Å². The second-order valence-electron chi connectivity index (χ2n) is 3.47. The molecule has 0 radical (unpaired) electrons. The molecule has 2 rings (SSSR count). The first kappa shape index (κ1) is 10.4. The summed E-state index contributed by atoms with van der Waals surface area (Å²) in [6.45, 7) is 1.22. The first-order valence-electron chi connectivity index (χ1n) is 5.00. The molecule has 2 heterocycles. The van der Waals surface area contributed by atoms with Crippen molar-refractivity contribution in [1.29, 1.82) is 0 Å². The van der Waals surface area contributed by atoms with Crippen molar-refractivity contribution in [3.05, 3.63) is 24.0 Å². The number of primary amides is 1. The van der Waals surface area contributed by atoms with Crippen LogP contribution in [0, 0.1) is 0 Å². The van der Waals surface area contributed by atoms with E-state index in [1.807, 2.05) is 0 Å². The summed E-state index contributed by atoms with van der Waals surface area (Å²) in [7, 11) is 0. The molecule has 0 aromatic carbocycles. The van der Waals surface area contributed by atoms with Crippen LogP contribution in [-0.4, -0.2) is 30.0 Å². The third kappa shape index (κ3) is 1.81. The summed E-state index contributed by atoms with van der Waals surface area (Å²) in [6.07, 6.45) is 2.31. The zero-order valence-electron chi connectivity index (χ0n) is 8.64. The molecule has 1 aromatic rings. The number of urea groups is 1. The van der Waals surface area contributed by atoms with Gasteiger partial charge in [0.1, 0.15) is 0 Å². The number of hydrogen-bond acceptors (Lipinski definition) is 3. The van der Waals surface area contributed by atoms with Crippen molar-refractivity contribution in [2.75, 3.05) is 18.0 Å². The molecule has 16 heavy (non-hydrogen) atoms. The highest BCUT2D eigenvalue weighted by molar-refractivity contribution is 6.02. The summed E-state index contributed by atoms with van der Waals surface area (Å²) < 4.78 is 0. The Morgan fingerprint density at radius 2 is 2.38 bits per heavy atom. The van der Waals surface area contributed by atoms with E-state index in [0.717, 1.165) is 6.42 Å². The van der Waals surface area contributed by atoms with Gasteiger partial charge in [0, 0.05) is 19.3 Å². The lowest BCUT2D eigenvalue weighted by Crippen LogP contribution is -2.47. The predicted molar refractivity (Wildman–Crippen MR) is 58.1 cm³/mol. The monoisotopic (exact) mass is 220 g/mol. The molecule has 0 unspecified atom stereocenters. The summed E-state index contributed by atoms with van der Waals surface area (Å²) in [6, 6.07) is 3.11. The van der Waals surface area contributed by atoms with Crippen LogP contribution in [0.5, 0.6) is 0 Å². The summed E-state index contributed by atoms with van der Waals surface area (Å²) >= 11 is 0. The van der Waals surface area contributed by atoms with Gasteiger partial charge in [0.05, 0.1) is 5.69 Å². The lowest BCUT2D eigenvalue weighted by Gasteiger charge is -2.28. The Hall–Kier alpha value is -2.11. The van der Waals surface area contributed by atoms with Gasteiger partial charge in [-0.3, -0.25) is 9.69 Å². The van der Waals surface area contributed by atoms with Gasteiger partial charge in [-0.05, 0) is 18.6 Å². The fourth-order valence-corrected chi connectivity index (χ4v) is 1.66. The number of nitrogens with two attached hydrogens (primary N) is 1. The lowest BCUT2D eigenvalue weighted by atomic mass is 10.2. The third-order valence-corrected chi connectivity index (χ3v) is 2.39. The number of hydrogen-bond donors (Lipinski definition) is 2. The van der Waals surface area contributed by atoms with Gasteiger partial charge < -0.3 is 11.1 Å². The minimum atomic E-state index is -0.631. The van der Waals surface area contributed by atoms with Gasteiger partial charge in [0.15, 0.2) is 5.69 Å². The SMILES string of the molecule is NC(=O)c1ncccc1N1CCCNC1=O. The highest BCUT2D eigenvalue weighted by atomic mass is 16.2. The van der Waals surface area contributed by atoms with Crippen LogP contribution in [0.25, 0.3) is 0 Å². The molecule has 3 amide bonds. The second kappa shape index (κ2) is 4.18. The van der Waals surface area contributed by atoms with E-state index >= 15 is 0 Å². The van der Waals surface area contributed by atoms with Crippen molar-refractivity contribution in [2.45, 2.75) is 6.42 Å². The first-order chi connectivity index (χ1) is 7.70. The van der Waals surface area contributed by atoms with Gasteiger partial charge in [0.2, 0.25) is 0 Å². The first-order valence-corrected chi connectivity index (χ1v) is 5.00. The van der Waals surface area contributed by atoms with Crippen molar-refractivity contribution in [2.24, 2.45) is 5.73 Å². The van der Waals surface area contributed by atoms with Crippen LogP contribution in [0.4, 0.5) is 10.5 Å². The molecule has 84 valence electrons. The molecule has 1 fully saturated rings. The van der Waals surface area contributed by atoms with Crippen molar-refractivity contribution in [3.63, 3.8) is 0 Å². The van der Waals surface area contributed by atoms with Crippen molar-refractivity contribution in [3.8, 4) is 0 Å². The second-order valence-corrected chi connectivity index (χ2v) is 3.47. The maximum Gasteiger partial charge on any atom is 0.321 e. The Morgan fingerprint density at radius 1 is 1.56 bits per heavy atom. The minimum Gasteiger partial charge on any atom is -0.364 e. The van der Waals surface area contributed by atoms with Crippen LogP contribution in [0.2, 0.25) is 0 Å². The molecule has 1 saturated heterocycles. The number of aromatic nitrogens is 1. The van der Waals surface area contributed by atoms with Crippen LogP contribution in [0.15, 0.2) is 18.3 Å². The molecule has 1 aliphatic rings. The van der Waals surface area contributed by atoms with E-state index in [1.54, 1.807) is 12.1 Å². The molecule has 1 aromatic heterocycles. The van der Waals surface area contributed by atoms with Crippen LogP contribution >= 0.6 is 0 Å². The van der Waals surface area contributed by atoms with Crippen molar-refractivity contribution in [1.82, 2.24) is 10.3 Å². The Balaban J connectivity index is 2.38. The standard InChI is InChI=1S/C10H12N4O2/c11-9(15)8-7(3-1-4-12-8)14-6-2-5-13-10(14)16/h1,3-4H,2,5-6H2,(H2,11,15)(H,13,16). The van der Waals surface area contributed by atoms with Crippen LogP contribution < -0.4 is 16.0 Å². The summed E-state index contributed by atoms with van der Waals surface area (Å²) in [5.74, 6) is -0.631. The summed E-state index contributed by atoms with van der Waals surface area (Å²) in [5, 5.41) is 2.70. The molecule has 6 nitrogen and oxygen atoms in total. The zero-order valence-corrected chi connectivity index (χ0v) is 8.64. The Kier molecular flexibility index (Phi) is 2.72. The van der Waals surface area contributed by atoms with E-state index in [9.17, 15) is 9.59 Å². The topological polar surface area (TPSA) is 88.3 Å². The number of rotatable bonds is 2. The molecule has 0 saturated carbocycles. The van der Waals surface area contributed by atoms with E-state index < -0.39 is 5.91 Å². The number of carbonyl (C=O) groups is 2. The highest BCUT2D eigenvalue weighted by Gasteiger charge is 2.23. The molecule has 0 atom stereocenters. The minimum absolute atomic E-state index is 0.125. The van der Waals surface area contributed by atoms with Gasteiger partial charge >= 0.3 is 6.03 Å². The van der Waals surface area contributed by atoms with E-state index in [2.05, 4.69) is 10.3 Å². The van der Waals surface area contributed by atoms with E-state index in [-0.39, 0.29) is 11.7 Å². The number of pyridine rings is 1. The molecular formula is C10H12N4O2. The lowest BCUT2D eigenvalue weighted by molar-refractivity contribution is 0.0996. The quantitative estimate of drug-likeness (QED) is 0.740. The predicted octanol–water partition coefficient (Wildman–Crippen LogP) is 0.100. The van der Waals surface area contributed by atoms with Crippen molar-refractivity contribution >= 4 is 17.6 Å². The summed E-state index contributed by atoms with van der Waals surface area (Å²) in [4.78, 5) is 28.2. The molecule has 1 aliphatic heterocycles. The average Bonchev–Trinajstić information content (AvgIpc) is 2.29. The van der Waals surface area contributed by atoms with Gasteiger partial charge in [-0.15, -0.1) is 0 Å². The van der Waals surface area contributed by atoms with E-state index in [1.165, 1.54) is 11.1 Å². The Labute approximate surface area is 92.4 Å². The number of anilines is 1. The molecule has 0 bridgehead atoms. The number of carbonyl (C=O) groups excluding carboxylic acids is 2. The Bertz CT molecular complexity index is 433. The van der Waals surface area contributed by atoms with Gasteiger partial charge in [0.25, 0.3) is 5.91 Å². The fraction of sp³-hybridized carbons (Fsp3) is 0.300. The summed E-state index contributed by atoms with van der Waals surface area (Å²) in [5.41, 5.74) is 5.80. The number of nitrogens with one attached hydrogen (secondary N) is 1. The normalized spacial score (nSPS) is 15.8. The van der Waals surface area contributed by atoms with Gasteiger partial charge in [-0.25, -0.2) is 9.78 Å². The molecule has 0 spiro atoms. The Morgan fingerprint density at radius 3 is 3.06 bits per heavy atom. The highest BCUT2D eigenvalue weighted by Crippen LogP contribution is 2.19. The van der Waals surface area contributed by atoms with Gasteiger partial charge in [-0.2, -0.15) is 0 Å². The molecule has 6 heteroatoms. The van der Waals surface area contributed by atoms with Crippen LogP contribution in [0.1, 0.15) is 16.9 Å².